The van der Waals surface area contributed by atoms with Crippen LogP contribution in [0.1, 0.15) is 11.1 Å². The molecule has 0 unspecified atom stereocenters. The van der Waals surface area contributed by atoms with E-state index in [1.54, 1.807) is 0 Å². The summed E-state index contributed by atoms with van der Waals surface area (Å²) in [6.45, 7) is 3.98. The van der Waals surface area contributed by atoms with Crippen molar-refractivity contribution in [3.8, 4) is 0 Å². The molecule has 0 fully saturated rings. The van der Waals surface area contributed by atoms with Gasteiger partial charge in [-0.2, -0.15) is 39.5 Å². The molecule has 40 heavy (non-hydrogen) atoms. The van der Waals surface area contributed by atoms with Gasteiger partial charge in [-0.25, -0.2) is 19.4 Å². The molecule has 0 aromatic carbocycles. The summed E-state index contributed by atoms with van der Waals surface area (Å²) in [4.78, 5) is 39.9. The number of pyridine rings is 2. The van der Waals surface area contributed by atoms with E-state index in [4.69, 9.17) is 29.7 Å². The summed E-state index contributed by atoms with van der Waals surface area (Å²) >= 11 is 0. The van der Waals surface area contributed by atoms with E-state index in [0.717, 1.165) is 32.0 Å². The third-order valence-electron chi connectivity index (χ3n) is 4.26. The molecule has 224 valence electrons. The number of likely N-dealkylation sites (N-methyl/N-ethyl adjacent to an activating group) is 1. The van der Waals surface area contributed by atoms with Crippen molar-refractivity contribution in [1.82, 2.24) is 14.9 Å². The second-order valence-corrected chi connectivity index (χ2v) is 7.38. The Hall–Kier alpha value is -4.16. The largest absolute Gasteiger partial charge is 0.490 e. The Morgan fingerprint density at radius 1 is 0.775 bits per heavy atom. The van der Waals surface area contributed by atoms with Crippen molar-refractivity contribution in [3.05, 3.63) is 54.0 Å². The quantitative estimate of drug-likeness (QED) is 0.438. The molecule has 0 saturated carbocycles. The molecule has 2 aromatic heterocycles. The lowest BCUT2D eigenvalue weighted by molar-refractivity contribution is -0.193. The maximum atomic E-state index is 10.6. The number of fused-ring (bicyclic) bond motifs is 1. The number of carboxylic acid groups (broad SMARTS) is 3. The van der Waals surface area contributed by atoms with E-state index in [1.165, 1.54) is 11.1 Å². The van der Waals surface area contributed by atoms with Crippen molar-refractivity contribution in [2.24, 2.45) is 0 Å². The number of aliphatic carboxylic acids is 3. The maximum Gasteiger partial charge on any atom is 0.490 e. The predicted octanol–water partition coefficient (Wildman–Crippen LogP) is 3.83. The van der Waals surface area contributed by atoms with Gasteiger partial charge in [-0.1, -0.05) is 6.07 Å². The Labute approximate surface area is 219 Å². The molecule has 1 aliphatic heterocycles. The standard InChI is InChI=1S/C15H18N4.3C2HF3O2/c1-18-9-10-19(11-13-4-7-16-8-5-13)12-14-3-2-6-17-15(14)18;3*3-2(4,5)1(6)7/h2-8H,9-12H2,1H3;3*(H,6,7). The van der Waals surface area contributed by atoms with Crippen LogP contribution >= 0.6 is 0 Å². The number of nitrogens with zero attached hydrogens (tertiary/aromatic N) is 4. The first-order valence-electron chi connectivity index (χ1n) is 10.3. The number of alkyl halides is 9. The molecule has 3 N–H and O–H groups in total. The minimum Gasteiger partial charge on any atom is -0.475 e. The smallest absolute Gasteiger partial charge is 0.475 e. The summed E-state index contributed by atoms with van der Waals surface area (Å²) < 4.78 is 95.2. The van der Waals surface area contributed by atoms with Crippen molar-refractivity contribution in [2.75, 3.05) is 25.0 Å². The van der Waals surface area contributed by atoms with Crippen LogP contribution in [0.2, 0.25) is 0 Å². The summed E-state index contributed by atoms with van der Waals surface area (Å²) in [7, 11) is 2.11. The molecule has 0 spiro atoms. The first kappa shape index (κ1) is 35.8. The fraction of sp³-hybridized carbons (Fsp3) is 0.381. The van der Waals surface area contributed by atoms with Crippen molar-refractivity contribution < 1.29 is 69.2 Å². The molecular weight excluding hydrogens is 575 g/mol. The van der Waals surface area contributed by atoms with E-state index in [1.807, 2.05) is 24.7 Å². The first-order chi connectivity index (χ1) is 18.2. The topological polar surface area (TPSA) is 144 Å². The molecule has 3 heterocycles. The Kier molecular flexibility index (Phi) is 13.8. The summed E-state index contributed by atoms with van der Waals surface area (Å²) in [6.07, 6.45) is -9.67. The van der Waals surface area contributed by atoms with Crippen LogP contribution in [0.15, 0.2) is 42.9 Å². The number of hydrogen-bond donors (Lipinski definition) is 3. The number of rotatable bonds is 2. The minimum absolute atomic E-state index is 0.954. The fourth-order valence-electron chi connectivity index (χ4n) is 2.50. The Morgan fingerprint density at radius 2 is 1.20 bits per heavy atom. The fourth-order valence-corrected chi connectivity index (χ4v) is 2.50. The van der Waals surface area contributed by atoms with Gasteiger partial charge >= 0.3 is 36.4 Å². The van der Waals surface area contributed by atoms with Crippen LogP contribution in [-0.2, 0) is 27.5 Å². The van der Waals surface area contributed by atoms with E-state index in [2.05, 4.69) is 45.0 Å². The Balaban J connectivity index is 0.000000603. The van der Waals surface area contributed by atoms with Gasteiger partial charge in [-0.3, -0.25) is 9.88 Å². The predicted molar refractivity (Wildman–Crippen MR) is 117 cm³/mol. The molecule has 0 amide bonds. The average Bonchev–Trinajstić information content (AvgIpc) is 2.98. The highest BCUT2D eigenvalue weighted by Gasteiger charge is 2.39. The van der Waals surface area contributed by atoms with Gasteiger partial charge in [-0.05, 0) is 23.8 Å². The highest BCUT2D eigenvalue weighted by molar-refractivity contribution is 5.73. The molecule has 0 aliphatic carbocycles. The number of anilines is 1. The van der Waals surface area contributed by atoms with E-state index < -0.39 is 36.4 Å². The van der Waals surface area contributed by atoms with Crippen molar-refractivity contribution in [2.45, 2.75) is 31.6 Å². The third-order valence-corrected chi connectivity index (χ3v) is 4.26. The number of halogens is 9. The lowest BCUT2D eigenvalue weighted by Gasteiger charge is -2.20. The lowest BCUT2D eigenvalue weighted by atomic mass is 10.2. The van der Waals surface area contributed by atoms with E-state index >= 15 is 0 Å². The number of carboxylic acids is 3. The molecule has 0 radical (unpaired) electrons. The minimum atomic E-state index is -5.08. The number of aromatic nitrogens is 2. The van der Waals surface area contributed by atoms with Crippen LogP contribution in [-0.4, -0.2) is 86.8 Å². The highest BCUT2D eigenvalue weighted by atomic mass is 19.4. The Morgan fingerprint density at radius 3 is 1.60 bits per heavy atom. The summed E-state index contributed by atoms with van der Waals surface area (Å²) in [6, 6.07) is 8.35. The molecular formula is C21H21F9N4O6. The van der Waals surface area contributed by atoms with Crippen molar-refractivity contribution in [3.63, 3.8) is 0 Å². The summed E-state index contributed by atoms with van der Waals surface area (Å²) in [5, 5.41) is 21.4. The molecule has 10 nitrogen and oxygen atoms in total. The highest BCUT2D eigenvalue weighted by Crippen LogP contribution is 2.22. The second-order valence-electron chi connectivity index (χ2n) is 7.38. The third kappa shape index (κ3) is 14.7. The van der Waals surface area contributed by atoms with Gasteiger partial charge in [0.25, 0.3) is 0 Å². The second kappa shape index (κ2) is 15.4. The maximum absolute atomic E-state index is 10.6. The van der Waals surface area contributed by atoms with Gasteiger partial charge in [-0.15, -0.1) is 0 Å². The molecule has 19 heteroatoms. The van der Waals surface area contributed by atoms with Gasteiger partial charge in [0.1, 0.15) is 5.82 Å². The van der Waals surface area contributed by atoms with Crippen molar-refractivity contribution in [1.29, 1.82) is 0 Å². The summed E-state index contributed by atoms with van der Waals surface area (Å²) in [5.74, 6) is -7.16. The van der Waals surface area contributed by atoms with Crippen LogP contribution in [0.4, 0.5) is 45.3 Å². The van der Waals surface area contributed by atoms with Gasteiger partial charge in [0.05, 0.1) is 0 Å². The van der Waals surface area contributed by atoms with Crippen molar-refractivity contribution >= 4 is 23.7 Å². The van der Waals surface area contributed by atoms with Gasteiger partial charge in [0.15, 0.2) is 0 Å². The summed E-state index contributed by atoms with van der Waals surface area (Å²) in [5.41, 5.74) is 2.61. The number of carbonyl (C=O) groups is 3. The monoisotopic (exact) mass is 596 g/mol. The van der Waals surface area contributed by atoms with Crippen LogP contribution < -0.4 is 4.90 Å². The normalized spacial score (nSPS) is 13.5. The van der Waals surface area contributed by atoms with E-state index in [-0.39, 0.29) is 0 Å². The van der Waals surface area contributed by atoms with E-state index in [0.29, 0.717) is 0 Å². The first-order valence-corrected chi connectivity index (χ1v) is 10.3. The molecule has 0 bridgehead atoms. The van der Waals surface area contributed by atoms with Gasteiger partial charge < -0.3 is 20.2 Å². The van der Waals surface area contributed by atoms with E-state index in [9.17, 15) is 39.5 Å². The molecule has 2 aromatic rings. The molecule has 0 saturated heterocycles. The SMILES string of the molecule is CN1CCN(Cc2ccncc2)Cc2cccnc21.O=C(O)C(F)(F)F.O=C(O)C(F)(F)F.O=C(O)C(F)(F)F. The van der Waals surface area contributed by atoms with Crippen LogP contribution in [0.5, 0.6) is 0 Å². The van der Waals surface area contributed by atoms with Crippen LogP contribution in [0.3, 0.4) is 0 Å². The van der Waals surface area contributed by atoms with Gasteiger partial charge in [0.2, 0.25) is 0 Å². The zero-order valence-electron chi connectivity index (χ0n) is 20.1. The zero-order chi connectivity index (χ0) is 31.3. The lowest BCUT2D eigenvalue weighted by Crippen LogP contribution is -2.29. The van der Waals surface area contributed by atoms with Crippen LogP contribution in [0, 0.1) is 0 Å². The number of hydrogen-bond acceptors (Lipinski definition) is 7. The van der Waals surface area contributed by atoms with Gasteiger partial charge in [0, 0.05) is 57.4 Å². The molecule has 3 rings (SSSR count). The molecule has 1 aliphatic rings. The van der Waals surface area contributed by atoms with Crippen LogP contribution in [0.25, 0.3) is 0 Å². The molecule has 0 atom stereocenters. The Bertz CT molecular complexity index is 1040. The zero-order valence-corrected chi connectivity index (χ0v) is 20.1. The average molecular weight is 596 g/mol.